The number of hydrogen-bond acceptors (Lipinski definition) is 5. The molecule has 0 spiro atoms. The largest absolute Gasteiger partial charge is 0.364 e. The van der Waals surface area contributed by atoms with Crippen LogP contribution in [0.1, 0.15) is 30.6 Å². The standard InChI is InChI=1S/C18H24N6O2/c1-4-11-9-24(15(25)5-2)10-13(11)22-14-8-21-17-16(23-14)12(7-20-17)18(26)19-6-3/h5,7-8,11,13H,2,4,6,9-10H2,1,3H3,(H,19,26)(H,20,21)(H,22,23)/t11-,13+/m0/s1. The van der Waals surface area contributed by atoms with Gasteiger partial charge in [-0.2, -0.15) is 0 Å². The van der Waals surface area contributed by atoms with Gasteiger partial charge < -0.3 is 20.5 Å². The Hall–Kier alpha value is -2.90. The molecular weight excluding hydrogens is 332 g/mol. The smallest absolute Gasteiger partial charge is 0.255 e. The minimum Gasteiger partial charge on any atom is -0.364 e. The third kappa shape index (κ3) is 3.40. The van der Waals surface area contributed by atoms with Crippen LogP contribution in [0.4, 0.5) is 5.82 Å². The number of fused-ring (bicyclic) bond motifs is 1. The number of aromatic amines is 1. The van der Waals surface area contributed by atoms with Gasteiger partial charge in [-0.15, -0.1) is 0 Å². The summed E-state index contributed by atoms with van der Waals surface area (Å²) >= 11 is 0. The maximum absolute atomic E-state index is 12.2. The Morgan fingerprint density at radius 1 is 1.42 bits per heavy atom. The summed E-state index contributed by atoms with van der Waals surface area (Å²) in [6.07, 6.45) is 5.56. The van der Waals surface area contributed by atoms with Gasteiger partial charge in [0, 0.05) is 31.9 Å². The lowest BCUT2D eigenvalue weighted by Gasteiger charge is -2.18. The molecule has 1 aliphatic rings. The Morgan fingerprint density at radius 2 is 2.23 bits per heavy atom. The topological polar surface area (TPSA) is 103 Å². The second-order valence-electron chi connectivity index (χ2n) is 6.38. The number of anilines is 1. The fourth-order valence-electron chi connectivity index (χ4n) is 3.34. The zero-order valence-corrected chi connectivity index (χ0v) is 15.1. The number of nitrogens with one attached hydrogen (secondary N) is 3. The van der Waals surface area contributed by atoms with Crippen molar-refractivity contribution in [1.29, 1.82) is 0 Å². The van der Waals surface area contributed by atoms with Crippen molar-refractivity contribution in [2.24, 2.45) is 5.92 Å². The molecule has 0 unspecified atom stereocenters. The van der Waals surface area contributed by atoms with Crippen LogP contribution in [0.3, 0.4) is 0 Å². The molecule has 1 aliphatic heterocycles. The van der Waals surface area contributed by atoms with Crippen LogP contribution in [0.15, 0.2) is 25.0 Å². The van der Waals surface area contributed by atoms with Gasteiger partial charge in [0.2, 0.25) is 5.91 Å². The van der Waals surface area contributed by atoms with E-state index < -0.39 is 0 Å². The average molecular weight is 356 g/mol. The molecule has 2 aromatic heterocycles. The van der Waals surface area contributed by atoms with Gasteiger partial charge in [-0.3, -0.25) is 9.59 Å². The van der Waals surface area contributed by atoms with Gasteiger partial charge in [-0.1, -0.05) is 13.5 Å². The third-order valence-corrected chi connectivity index (χ3v) is 4.75. The molecule has 0 bridgehead atoms. The number of amides is 2. The molecule has 3 rings (SSSR count). The van der Waals surface area contributed by atoms with Gasteiger partial charge >= 0.3 is 0 Å². The summed E-state index contributed by atoms with van der Waals surface area (Å²) in [4.78, 5) is 37.7. The summed E-state index contributed by atoms with van der Waals surface area (Å²) in [5.74, 6) is 0.684. The predicted octanol–water partition coefficient (Wildman–Crippen LogP) is 1.54. The quantitative estimate of drug-likeness (QED) is 0.681. The lowest BCUT2D eigenvalue weighted by Crippen LogP contribution is -2.31. The van der Waals surface area contributed by atoms with Gasteiger partial charge in [-0.05, 0) is 25.3 Å². The van der Waals surface area contributed by atoms with Crippen molar-refractivity contribution < 1.29 is 9.59 Å². The SMILES string of the molecule is C=CC(=O)N1C[C@H](CC)[C@H](Nc2cnc3[nH]cc(C(=O)NCC)c3n2)C1. The van der Waals surface area contributed by atoms with E-state index in [0.717, 1.165) is 6.42 Å². The first kappa shape index (κ1) is 17.9. The number of rotatable bonds is 6. The van der Waals surface area contributed by atoms with E-state index >= 15 is 0 Å². The van der Waals surface area contributed by atoms with Crippen LogP contribution in [0.2, 0.25) is 0 Å². The van der Waals surface area contributed by atoms with E-state index in [0.29, 0.717) is 48.1 Å². The van der Waals surface area contributed by atoms with Crippen LogP contribution in [0.25, 0.3) is 11.2 Å². The maximum Gasteiger partial charge on any atom is 0.255 e. The number of nitrogens with zero attached hydrogens (tertiary/aromatic N) is 3. The minimum absolute atomic E-state index is 0.0570. The molecular formula is C18H24N6O2. The fourth-order valence-corrected chi connectivity index (χ4v) is 3.34. The molecule has 3 heterocycles. The predicted molar refractivity (Wildman–Crippen MR) is 99.9 cm³/mol. The molecule has 8 heteroatoms. The van der Waals surface area contributed by atoms with Gasteiger partial charge in [0.05, 0.1) is 11.8 Å². The molecule has 1 fully saturated rings. The molecule has 138 valence electrons. The third-order valence-electron chi connectivity index (χ3n) is 4.75. The Morgan fingerprint density at radius 3 is 2.92 bits per heavy atom. The first-order valence-electron chi connectivity index (χ1n) is 8.87. The first-order chi connectivity index (χ1) is 12.6. The molecule has 0 aromatic carbocycles. The molecule has 0 saturated carbocycles. The average Bonchev–Trinajstić information content (AvgIpc) is 3.25. The number of hydrogen-bond donors (Lipinski definition) is 3. The van der Waals surface area contributed by atoms with E-state index in [-0.39, 0.29) is 17.9 Å². The zero-order chi connectivity index (χ0) is 18.7. The highest BCUT2D eigenvalue weighted by Gasteiger charge is 2.33. The van der Waals surface area contributed by atoms with Crippen molar-refractivity contribution in [3.63, 3.8) is 0 Å². The molecule has 26 heavy (non-hydrogen) atoms. The first-order valence-corrected chi connectivity index (χ1v) is 8.87. The zero-order valence-electron chi connectivity index (χ0n) is 15.1. The van der Waals surface area contributed by atoms with Crippen LogP contribution in [-0.4, -0.2) is 57.3 Å². The molecule has 1 saturated heterocycles. The summed E-state index contributed by atoms with van der Waals surface area (Å²) in [7, 11) is 0. The highest BCUT2D eigenvalue weighted by molar-refractivity contribution is 6.04. The van der Waals surface area contributed by atoms with E-state index in [1.165, 1.54) is 6.08 Å². The van der Waals surface area contributed by atoms with E-state index in [2.05, 4.69) is 39.1 Å². The Balaban J connectivity index is 1.82. The molecule has 2 aromatic rings. The highest BCUT2D eigenvalue weighted by atomic mass is 16.2. The summed E-state index contributed by atoms with van der Waals surface area (Å²) in [6, 6.07) is 0.0857. The Bertz CT molecular complexity index is 830. The number of carbonyl (C=O) groups excluding carboxylic acids is 2. The van der Waals surface area contributed by atoms with Crippen LogP contribution < -0.4 is 10.6 Å². The minimum atomic E-state index is -0.180. The molecule has 3 N–H and O–H groups in total. The summed E-state index contributed by atoms with van der Waals surface area (Å²) in [6.45, 7) is 9.37. The number of carbonyl (C=O) groups is 2. The van der Waals surface area contributed by atoms with Gasteiger partial charge in [0.1, 0.15) is 11.3 Å². The summed E-state index contributed by atoms with van der Waals surface area (Å²) in [5, 5.41) is 6.16. The van der Waals surface area contributed by atoms with E-state index in [4.69, 9.17) is 0 Å². The monoisotopic (exact) mass is 356 g/mol. The van der Waals surface area contributed by atoms with Gasteiger partial charge in [0.15, 0.2) is 5.65 Å². The van der Waals surface area contributed by atoms with E-state index in [1.807, 2.05) is 6.92 Å². The van der Waals surface area contributed by atoms with E-state index in [1.54, 1.807) is 17.3 Å². The van der Waals surface area contributed by atoms with Crippen molar-refractivity contribution in [1.82, 2.24) is 25.2 Å². The molecule has 8 nitrogen and oxygen atoms in total. The summed E-state index contributed by atoms with van der Waals surface area (Å²) < 4.78 is 0. The van der Waals surface area contributed by atoms with Crippen LogP contribution in [0.5, 0.6) is 0 Å². The normalized spacial score (nSPS) is 19.5. The van der Waals surface area contributed by atoms with Gasteiger partial charge in [-0.25, -0.2) is 9.97 Å². The maximum atomic E-state index is 12.2. The van der Waals surface area contributed by atoms with Crippen molar-refractivity contribution in [3.05, 3.63) is 30.6 Å². The lowest BCUT2D eigenvalue weighted by molar-refractivity contribution is -0.125. The number of likely N-dealkylation sites (tertiary alicyclic amines) is 1. The van der Waals surface area contributed by atoms with E-state index in [9.17, 15) is 9.59 Å². The van der Waals surface area contributed by atoms with Crippen molar-refractivity contribution in [2.75, 3.05) is 25.0 Å². The molecule has 2 amide bonds. The van der Waals surface area contributed by atoms with Crippen LogP contribution in [-0.2, 0) is 4.79 Å². The summed E-state index contributed by atoms with van der Waals surface area (Å²) in [5.41, 5.74) is 1.57. The highest BCUT2D eigenvalue weighted by Crippen LogP contribution is 2.24. The second kappa shape index (κ2) is 7.55. The van der Waals surface area contributed by atoms with Crippen molar-refractivity contribution in [3.8, 4) is 0 Å². The Kier molecular flexibility index (Phi) is 5.20. The lowest BCUT2D eigenvalue weighted by atomic mass is 10.0. The molecule has 0 aliphatic carbocycles. The Labute approximate surface area is 152 Å². The number of H-pyrrole nitrogens is 1. The van der Waals surface area contributed by atoms with Crippen molar-refractivity contribution in [2.45, 2.75) is 26.3 Å². The van der Waals surface area contributed by atoms with Gasteiger partial charge in [0.25, 0.3) is 5.91 Å². The van der Waals surface area contributed by atoms with Crippen LogP contribution in [0, 0.1) is 5.92 Å². The van der Waals surface area contributed by atoms with Crippen LogP contribution >= 0.6 is 0 Å². The fraction of sp³-hybridized carbons (Fsp3) is 0.444. The molecule has 2 atom stereocenters. The number of aromatic nitrogens is 3. The second-order valence-corrected chi connectivity index (χ2v) is 6.38. The molecule has 0 radical (unpaired) electrons. The van der Waals surface area contributed by atoms with Crippen molar-refractivity contribution >= 4 is 28.8 Å².